The minimum atomic E-state index is -1.10. The Balaban J connectivity index is 2.40. The molecule has 0 amide bonds. The van der Waals surface area contributed by atoms with Gasteiger partial charge in [0.1, 0.15) is 5.75 Å². The molecule has 2 aromatic carbocycles. The molecule has 0 saturated heterocycles. The molecule has 0 aliphatic rings. The van der Waals surface area contributed by atoms with Gasteiger partial charge in [0.25, 0.3) is 0 Å². The second-order valence-electron chi connectivity index (χ2n) is 3.85. The van der Waals surface area contributed by atoms with E-state index in [1.54, 1.807) is 0 Å². The first-order valence-electron chi connectivity index (χ1n) is 5.55. The molecule has 0 bridgehead atoms. The summed E-state index contributed by atoms with van der Waals surface area (Å²) in [6, 6.07) is 7.87. The highest BCUT2D eigenvalue weighted by Crippen LogP contribution is 2.33. The number of ether oxygens (including phenoxy) is 1. The fourth-order valence-electron chi connectivity index (χ4n) is 1.56. The summed E-state index contributed by atoms with van der Waals surface area (Å²) in [5, 5.41) is 9.12. The van der Waals surface area contributed by atoms with E-state index in [1.165, 1.54) is 31.4 Å². The number of benzene rings is 2. The molecule has 0 aromatic heterocycles. The average molecular weight is 296 g/mol. The van der Waals surface area contributed by atoms with Gasteiger partial charge in [0.15, 0.2) is 11.6 Å². The van der Waals surface area contributed by atoms with Crippen molar-refractivity contribution in [3.63, 3.8) is 0 Å². The van der Waals surface area contributed by atoms with Crippen LogP contribution in [0, 0.1) is 11.6 Å². The number of carboxylic acid groups (broad SMARTS) is 1. The van der Waals surface area contributed by atoms with E-state index >= 15 is 0 Å². The van der Waals surface area contributed by atoms with Gasteiger partial charge < -0.3 is 9.84 Å². The maximum atomic E-state index is 13.2. The molecule has 0 fully saturated rings. The van der Waals surface area contributed by atoms with E-state index in [-0.39, 0.29) is 5.56 Å². The molecule has 20 heavy (non-hydrogen) atoms. The zero-order valence-corrected chi connectivity index (χ0v) is 11.2. The summed E-state index contributed by atoms with van der Waals surface area (Å²) in [5.41, 5.74) is 0.0699. The van der Waals surface area contributed by atoms with Crippen molar-refractivity contribution < 1.29 is 23.4 Å². The molecule has 0 atom stereocenters. The largest absolute Gasteiger partial charge is 0.497 e. The quantitative estimate of drug-likeness (QED) is 0.931. The van der Waals surface area contributed by atoms with Crippen LogP contribution in [-0.2, 0) is 0 Å². The SMILES string of the molecule is COc1ccc(C(=O)O)c(Sc2ccc(F)c(F)c2)c1. The van der Waals surface area contributed by atoms with Gasteiger partial charge in [-0.3, -0.25) is 0 Å². The van der Waals surface area contributed by atoms with Crippen molar-refractivity contribution >= 4 is 17.7 Å². The van der Waals surface area contributed by atoms with Crippen LogP contribution >= 0.6 is 11.8 Å². The zero-order valence-electron chi connectivity index (χ0n) is 10.4. The third-order valence-corrected chi connectivity index (χ3v) is 3.59. The molecule has 2 aromatic rings. The smallest absolute Gasteiger partial charge is 0.336 e. The Kier molecular flexibility index (Phi) is 4.24. The van der Waals surface area contributed by atoms with Gasteiger partial charge >= 0.3 is 5.97 Å². The molecule has 3 nitrogen and oxygen atoms in total. The first-order chi connectivity index (χ1) is 9.51. The van der Waals surface area contributed by atoms with Gasteiger partial charge in [-0.25, -0.2) is 13.6 Å². The van der Waals surface area contributed by atoms with Crippen molar-refractivity contribution in [1.29, 1.82) is 0 Å². The summed E-state index contributed by atoms with van der Waals surface area (Å²) in [5.74, 6) is -2.54. The zero-order chi connectivity index (χ0) is 14.7. The van der Waals surface area contributed by atoms with E-state index in [1.807, 2.05) is 0 Å². The van der Waals surface area contributed by atoms with Crippen LogP contribution in [-0.4, -0.2) is 18.2 Å². The lowest BCUT2D eigenvalue weighted by molar-refractivity contribution is 0.0693. The van der Waals surface area contributed by atoms with E-state index < -0.39 is 17.6 Å². The van der Waals surface area contributed by atoms with Crippen LogP contribution in [0.2, 0.25) is 0 Å². The Morgan fingerprint density at radius 3 is 2.50 bits per heavy atom. The van der Waals surface area contributed by atoms with Gasteiger partial charge in [-0.1, -0.05) is 11.8 Å². The standard InChI is InChI=1S/C14H10F2O3S/c1-19-8-2-4-10(14(17)18)13(6-8)20-9-3-5-11(15)12(16)7-9/h2-7H,1H3,(H,17,18). The lowest BCUT2D eigenvalue weighted by Gasteiger charge is -2.08. The Morgan fingerprint density at radius 2 is 1.90 bits per heavy atom. The van der Waals surface area contributed by atoms with E-state index in [0.717, 1.165) is 23.9 Å². The van der Waals surface area contributed by atoms with E-state index in [2.05, 4.69) is 0 Å². The highest BCUT2D eigenvalue weighted by atomic mass is 32.2. The molecule has 0 saturated carbocycles. The van der Waals surface area contributed by atoms with Crippen molar-refractivity contribution in [3.05, 3.63) is 53.6 Å². The molecular formula is C14H10F2O3S. The van der Waals surface area contributed by atoms with Crippen LogP contribution in [0.4, 0.5) is 8.78 Å². The lowest BCUT2D eigenvalue weighted by Crippen LogP contribution is -1.99. The number of carbonyl (C=O) groups is 1. The van der Waals surface area contributed by atoms with Gasteiger partial charge in [-0.2, -0.15) is 0 Å². The summed E-state index contributed by atoms with van der Waals surface area (Å²) in [4.78, 5) is 11.9. The average Bonchev–Trinajstić information content (AvgIpc) is 2.42. The Bertz CT molecular complexity index is 659. The summed E-state index contributed by atoms with van der Waals surface area (Å²) in [6.07, 6.45) is 0. The highest BCUT2D eigenvalue weighted by molar-refractivity contribution is 7.99. The first kappa shape index (κ1) is 14.3. The predicted molar refractivity (Wildman–Crippen MR) is 70.4 cm³/mol. The van der Waals surface area contributed by atoms with Crippen molar-refractivity contribution in [2.75, 3.05) is 7.11 Å². The molecule has 0 aliphatic heterocycles. The van der Waals surface area contributed by atoms with Crippen LogP contribution in [0.15, 0.2) is 46.2 Å². The van der Waals surface area contributed by atoms with E-state index in [9.17, 15) is 13.6 Å². The first-order valence-corrected chi connectivity index (χ1v) is 6.37. The van der Waals surface area contributed by atoms with Gasteiger partial charge in [0, 0.05) is 9.79 Å². The minimum absolute atomic E-state index is 0.0699. The monoisotopic (exact) mass is 296 g/mol. The molecular weight excluding hydrogens is 286 g/mol. The van der Waals surface area contributed by atoms with Crippen molar-refractivity contribution in [3.8, 4) is 5.75 Å². The molecule has 104 valence electrons. The number of aromatic carboxylic acids is 1. The molecule has 0 heterocycles. The minimum Gasteiger partial charge on any atom is -0.497 e. The number of hydrogen-bond donors (Lipinski definition) is 1. The molecule has 1 N–H and O–H groups in total. The molecule has 0 unspecified atom stereocenters. The number of carboxylic acids is 1. The van der Waals surface area contributed by atoms with Crippen LogP contribution < -0.4 is 4.74 Å². The van der Waals surface area contributed by atoms with Gasteiger partial charge in [0.2, 0.25) is 0 Å². The van der Waals surface area contributed by atoms with Gasteiger partial charge in [0.05, 0.1) is 12.7 Å². The fourth-order valence-corrected chi connectivity index (χ4v) is 2.55. The van der Waals surface area contributed by atoms with E-state index in [0.29, 0.717) is 15.5 Å². The molecule has 0 radical (unpaired) electrons. The number of hydrogen-bond acceptors (Lipinski definition) is 3. The summed E-state index contributed by atoms with van der Waals surface area (Å²) >= 11 is 1.03. The van der Waals surface area contributed by atoms with Crippen LogP contribution in [0.3, 0.4) is 0 Å². The molecule has 6 heteroatoms. The highest BCUT2D eigenvalue weighted by Gasteiger charge is 2.13. The maximum Gasteiger partial charge on any atom is 0.336 e. The van der Waals surface area contributed by atoms with Crippen molar-refractivity contribution in [1.82, 2.24) is 0 Å². The number of rotatable bonds is 4. The lowest BCUT2D eigenvalue weighted by atomic mass is 10.2. The topological polar surface area (TPSA) is 46.5 Å². The van der Waals surface area contributed by atoms with E-state index in [4.69, 9.17) is 9.84 Å². The summed E-state index contributed by atoms with van der Waals surface area (Å²) in [6.45, 7) is 0. The predicted octanol–water partition coefficient (Wildman–Crippen LogP) is 3.82. The normalized spacial score (nSPS) is 10.3. The Hall–Kier alpha value is -2.08. The van der Waals surface area contributed by atoms with Crippen LogP contribution in [0.5, 0.6) is 5.75 Å². The Morgan fingerprint density at radius 1 is 1.15 bits per heavy atom. The maximum absolute atomic E-state index is 13.2. The number of halogens is 2. The Labute approximate surface area is 118 Å². The van der Waals surface area contributed by atoms with Gasteiger partial charge in [-0.05, 0) is 36.4 Å². The third-order valence-electron chi connectivity index (χ3n) is 2.54. The third kappa shape index (κ3) is 3.08. The van der Waals surface area contributed by atoms with Crippen LogP contribution in [0.25, 0.3) is 0 Å². The van der Waals surface area contributed by atoms with Crippen molar-refractivity contribution in [2.24, 2.45) is 0 Å². The summed E-state index contributed by atoms with van der Waals surface area (Å²) < 4.78 is 31.1. The molecule has 0 spiro atoms. The second kappa shape index (κ2) is 5.92. The van der Waals surface area contributed by atoms with Gasteiger partial charge in [-0.15, -0.1) is 0 Å². The molecule has 2 rings (SSSR count). The summed E-state index contributed by atoms with van der Waals surface area (Å²) in [7, 11) is 1.46. The second-order valence-corrected chi connectivity index (χ2v) is 4.96. The van der Waals surface area contributed by atoms with Crippen molar-refractivity contribution in [2.45, 2.75) is 9.79 Å². The fraction of sp³-hybridized carbons (Fsp3) is 0.0714. The van der Waals surface area contributed by atoms with Crippen LogP contribution in [0.1, 0.15) is 10.4 Å². The number of methoxy groups -OCH3 is 1. The molecule has 0 aliphatic carbocycles.